The summed E-state index contributed by atoms with van der Waals surface area (Å²) in [5.41, 5.74) is 0.436. The van der Waals surface area contributed by atoms with E-state index in [4.69, 9.17) is 16.0 Å². The van der Waals surface area contributed by atoms with Gasteiger partial charge in [0.2, 0.25) is 0 Å². The molecule has 3 heterocycles. The molecule has 6 nitrogen and oxygen atoms in total. The number of rotatable bonds is 3. The zero-order valence-electron chi connectivity index (χ0n) is 13.5. The molecule has 1 aliphatic rings. The molecule has 1 saturated heterocycles. The second-order valence-electron chi connectivity index (χ2n) is 5.90. The molecule has 0 saturated carbocycles. The van der Waals surface area contributed by atoms with E-state index in [9.17, 15) is 9.59 Å². The molecule has 0 unspecified atom stereocenters. The molecule has 128 valence electrons. The minimum Gasteiger partial charge on any atom is -0.459 e. The van der Waals surface area contributed by atoms with E-state index < -0.39 is 0 Å². The number of nitrogens with zero attached hydrogens (tertiary/aromatic N) is 3. The van der Waals surface area contributed by atoms with E-state index in [1.54, 1.807) is 21.9 Å². The third kappa shape index (κ3) is 3.32. The molecule has 0 radical (unpaired) electrons. The van der Waals surface area contributed by atoms with Crippen LogP contribution in [-0.2, 0) is 0 Å². The Morgan fingerprint density at radius 1 is 1.21 bits per heavy atom. The maximum Gasteiger partial charge on any atom is 0.289 e. The van der Waals surface area contributed by atoms with Crippen LogP contribution < -0.4 is 0 Å². The fourth-order valence-corrected chi connectivity index (χ4v) is 3.79. The molecule has 24 heavy (non-hydrogen) atoms. The van der Waals surface area contributed by atoms with Crippen molar-refractivity contribution in [2.45, 2.75) is 19.8 Å². The standard InChI is InChI=1S/C16H18ClN3O3S/c1-10(2)13-12(18-16(17)24-13)15(22)20-7-5-19(6-8-20)14(21)11-4-3-9-23-11/h3-4,9-10H,5-8H2,1-2H3. The molecular weight excluding hydrogens is 350 g/mol. The van der Waals surface area contributed by atoms with E-state index in [2.05, 4.69) is 4.98 Å². The van der Waals surface area contributed by atoms with Gasteiger partial charge in [-0.1, -0.05) is 25.4 Å². The van der Waals surface area contributed by atoms with Gasteiger partial charge in [-0.15, -0.1) is 11.3 Å². The number of halogens is 1. The van der Waals surface area contributed by atoms with Crippen LogP contribution in [0.4, 0.5) is 0 Å². The molecule has 2 amide bonds. The lowest BCUT2D eigenvalue weighted by Crippen LogP contribution is -2.50. The number of hydrogen-bond acceptors (Lipinski definition) is 5. The highest BCUT2D eigenvalue weighted by molar-refractivity contribution is 7.16. The number of thiazole rings is 1. The van der Waals surface area contributed by atoms with Crippen molar-refractivity contribution in [2.24, 2.45) is 0 Å². The van der Waals surface area contributed by atoms with Crippen LogP contribution >= 0.6 is 22.9 Å². The average Bonchev–Trinajstić information content (AvgIpc) is 3.23. The molecule has 1 fully saturated rings. The van der Waals surface area contributed by atoms with Crippen molar-refractivity contribution in [3.05, 3.63) is 39.2 Å². The SMILES string of the molecule is CC(C)c1sc(Cl)nc1C(=O)N1CCN(C(=O)c2ccco2)CC1. The Kier molecular flexibility index (Phi) is 4.91. The summed E-state index contributed by atoms with van der Waals surface area (Å²) in [6.45, 7) is 5.91. The average molecular weight is 368 g/mol. The number of amides is 2. The molecule has 0 N–H and O–H groups in total. The van der Waals surface area contributed by atoms with Gasteiger partial charge in [-0.3, -0.25) is 9.59 Å². The van der Waals surface area contributed by atoms with Gasteiger partial charge in [-0.2, -0.15) is 0 Å². The van der Waals surface area contributed by atoms with E-state index in [0.717, 1.165) is 4.88 Å². The van der Waals surface area contributed by atoms with Crippen LogP contribution in [0.1, 0.15) is 45.7 Å². The normalized spacial score (nSPS) is 15.2. The van der Waals surface area contributed by atoms with Crippen LogP contribution in [0.5, 0.6) is 0 Å². The van der Waals surface area contributed by atoms with Crippen LogP contribution in [0.3, 0.4) is 0 Å². The summed E-state index contributed by atoms with van der Waals surface area (Å²) in [6.07, 6.45) is 1.48. The smallest absolute Gasteiger partial charge is 0.289 e. The molecule has 2 aromatic heterocycles. The molecule has 0 aliphatic carbocycles. The van der Waals surface area contributed by atoms with Gasteiger partial charge in [-0.05, 0) is 18.1 Å². The van der Waals surface area contributed by atoms with Crippen molar-refractivity contribution in [3.63, 3.8) is 0 Å². The number of carbonyl (C=O) groups is 2. The summed E-state index contributed by atoms with van der Waals surface area (Å²) < 4.78 is 5.52. The van der Waals surface area contributed by atoms with E-state index in [0.29, 0.717) is 42.1 Å². The van der Waals surface area contributed by atoms with Gasteiger partial charge in [0.15, 0.2) is 10.2 Å². The van der Waals surface area contributed by atoms with Crippen molar-refractivity contribution >= 4 is 34.8 Å². The Balaban J connectivity index is 1.66. The van der Waals surface area contributed by atoms with Crippen LogP contribution in [0, 0.1) is 0 Å². The number of hydrogen-bond donors (Lipinski definition) is 0. The molecular formula is C16H18ClN3O3S. The maximum absolute atomic E-state index is 12.7. The molecule has 0 atom stereocenters. The van der Waals surface area contributed by atoms with E-state index in [1.807, 2.05) is 13.8 Å². The molecule has 0 aromatic carbocycles. The highest BCUT2D eigenvalue weighted by Gasteiger charge is 2.29. The predicted octanol–water partition coefficient (Wildman–Crippen LogP) is 3.11. The molecule has 8 heteroatoms. The summed E-state index contributed by atoms with van der Waals surface area (Å²) in [6, 6.07) is 3.33. The second-order valence-corrected chi connectivity index (χ2v) is 7.51. The summed E-state index contributed by atoms with van der Waals surface area (Å²) in [7, 11) is 0. The predicted molar refractivity (Wildman–Crippen MR) is 91.7 cm³/mol. The first-order chi connectivity index (χ1) is 11.5. The summed E-state index contributed by atoms with van der Waals surface area (Å²) >= 11 is 7.34. The van der Waals surface area contributed by atoms with Gasteiger partial charge in [0.25, 0.3) is 11.8 Å². The van der Waals surface area contributed by atoms with Gasteiger partial charge in [-0.25, -0.2) is 4.98 Å². The summed E-state index contributed by atoms with van der Waals surface area (Å²) in [5, 5.41) is 0. The first kappa shape index (κ1) is 17.0. The van der Waals surface area contributed by atoms with Crippen molar-refractivity contribution < 1.29 is 14.0 Å². The van der Waals surface area contributed by atoms with Crippen molar-refractivity contribution in [2.75, 3.05) is 26.2 Å². The highest BCUT2D eigenvalue weighted by atomic mass is 35.5. The fourth-order valence-electron chi connectivity index (χ4n) is 2.67. The quantitative estimate of drug-likeness (QED) is 0.836. The summed E-state index contributed by atoms with van der Waals surface area (Å²) in [5.74, 6) is 0.248. The third-order valence-electron chi connectivity index (χ3n) is 3.94. The number of carbonyl (C=O) groups excluding carboxylic acids is 2. The lowest BCUT2D eigenvalue weighted by molar-refractivity contribution is 0.0515. The number of aromatic nitrogens is 1. The lowest BCUT2D eigenvalue weighted by atomic mass is 10.1. The van der Waals surface area contributed by atoms with Crippen molar-refractivity contribution in [3.8, 4) is 0 Å². The minimum absolute atomic E-state index is 0.119. The van der Waals surface area contributed by atoms with Crippen LogP contribution in [0.25, 0.3) is 0 Å². The number of piperazine rings is 1. The van der Waals surface area contributed by atoms with Crippen molar-refractivity contribution in [1.29, 1.82) is 0 Å². The minimum atomic E-state index is -0.147. The largest absolute Gasteiger partial charge is 0.459 e. The first-order valence-electron chi connectivity index (χ1n) is 7.75. The zero-order valence-corrected chi connectivity index (χ0v) is 15.1. The maximum atomic E-state index is 12.7. The second kappa shape index (κ2) is 6.94. The number of furan rings is 1. The van der Waals surface area contributed by atoms with Crippen LogP contribution in [0.2, 0.25) is 4.47 Å². The third-order valence-corrected chi connectivity index (χ3v) is 5.40. The van der Waals surface area contributed by atoms with Gasteiger partial charge in [0.05, 0.1) is 6.26 Å². The first-order valence-corrected chi connectivity index (χ1v) is 8.95. The Morgan fingerprint density at radius 2 is 1.83 bits per heavy atom. The lowest BCUT2D eigenvalue weighted by Gasteiger charge is -2.34. The topological polar surface area (TPSA) is 66.7 Å². The molecule has 0 bridgehead atoms. The summed E-state index contributed by atoms with van der Waals surface area (Å²) in [4.78, 5) is 33.5. The Hall–Kier alpha value is -1.86. The molecule has 2 aromatic rings. The highest BCUT2D eigenvalue weighted by Crippen LogP contribution is 2.30. The zero-order chi connectivity index (χ0) is 17.3. The van der Waals surface area contributed by atoms with Gasteiger partial charge in [0.1, 0.15) is 5.69 Å². The van der Waals surface area contributed by atoms with Crippen LogP contribution in [-0.4, -0.2) is 52.8 Å². The fraction of sp³-hybridized carbons (Fsp3) is 0.438. The monoisotopic (exact) mass is 367 g/mol. The van der Waals surface area contributed by atoms with E-state index >= 15 is 0 Å². The van der Waals surface area contributed by atoms with Crippen molar-refractivity contribution in [1.82, 2.24) is 14.8 Å². The Morgan fingerprint density at radius 3 is 2.38 bits per heavy atom. The Labute approximate surface area is 149 Å². The van der Waals surface area contributed by atoms with Gasteiger partial charge >= 0.3 is 0 Å². The van der Waals surface area contributed by atoms with E-state index in [-0.39, 0.29) is 17.7 Å². The van der Waals surface area contributed by atoms with E-state index in [1.165, 1.54) is 17.6 Å². The van der Waals surface area contributed by atoms with Gasteiger partial charge in [0, 0.05) is 31.1 Å². The molecule has 3 rings (SSSR count). The Bertz CT molecular complexity index is 734. The van der Waals surface area contributed by atoms with Crippen LogP contribution in [0.15, 0.2) is 22.8 Å². The molecule has 1 aliphatic heterocycles. The van der Waals surface area contributed by atoms with Gasteiger partial charge < -0.3 is 14.2 Å². The molecule has 0 spiro atoms.